The van der Waals surface area contributed by atoms with E-state index in [2.05, 4.69) is 15.3 Å². The van der Waals surface area contributed by atoms with Crippen LogP contribution in [0.15, 0.2) is 55.1 Å². The van der Waals surface area contributed by atoms with Crippen LogP contribution >= 0.6 is 0 Å². The molecule has 37 heavy (non-hydrogen) atoms. The Morgan fingerprint density at radius 1 is 1.08 bits per heavy atom. The van der Waals surface area contributed by atoms with Gasteiger partial charge in [0.25, 0.3) is 5.91 Å². The van der Waals surface area contributed by atoms with Gasteiger partial charge >= 0.3 is 12.2 Å². The van der Waals surface area contributed by atoms with Gasteiger partial charge in [-0.15, -0.1) is 0 Å². The molecule has 8 nitrogen and oxygen atoms in total. The number of rotatable bonds is 7. The number of amides is 3. The minimum Gasteiger partial charge on any atom is -0.364 e. The van der Waals surface area contributed by atoms with Crippen molar-refractivity contribution in [1.82, 2.24) is 19.4 Å². The standard InChI is InChI=1S/C26H27F3N6O2/c1-24(2)22(36)35(19-6-4-18(5-7-19)25(9-10-25)26(27,28)29)23(37)34(24)15-17-8-11-31-21(12-17)32-14-20-13-30-16-33(20)3/h4-8,11-13,16H,9-10,14-15H2,1-3H3,(H,31,32). The maximum atomic E-state index is 13.5. The van der Waals surface area contributed by atoms with Crippen molar-refractivity contribution in [2.45, 2.75) is 56.9 Å². The van der Waals surface area contributed by atoms with Crippen molar-refractivity contribution < 1.29 is 22.8 Å². The van der Waals surface area contributed by atoms with E-state index in [1.807, 2.05) is 17.7 Å². The number of aromatic nitrogens is 3. The summed E-state index contributed by atoms with van der Waals surface area (Å²) in [5, 5.41) is 3.23. The third-order valence-corrected chi connectivity index (χ3v) is 7.33. The second-order valence-corrected chi connectivity index (χ2v) is 10.1. The lowest BCUT2D eigenvalue weighted by Gasteiger charge is -2.27. The number of imidazole rings is 1. The summed E-state index contributed by atoms with van der Waals surface area (Å²) in [7, 11) is 1.89. The molecule has 0 bridgehead atoms. The van der Waals surface area contributed by atoms with Crippen molar-refractivity contribution in [3.63, 3.8) is 0 Å². The van der Waals surface area contributed by atoms with Crippen molar-refractivity contribution >= 4 is 23.4 Å². The Kier molecular flexibility index (Phi) is 5.76. The molecule has 3 heterocycles. The average Bonchev–Trinajstić information content (AvgIpc) is 3.55. The molecule has 1 saturated heterocycles. The first kappa shape index (κ1) is 24.8. The number of benzene rings is 1. The smallest absolute Gasteiger partial charge is 0.364 e. The molecular formula is C26H27F3N6O2. The quantitative estimate of drug-likeness (QED) is 0.461. The normalized spacial score (nSPS) is 18.4. The molecule has 3 amide bonds. The summed E-state index contributed by atoms with van der Waals surface area (Å²) in [5.74, 6) is 0.173. The Labute approximate surface area is 212 Å². The first-order chi connectivity index (χ1) is 17.4. The third kappa shape index (κ3) is 4.21. The molecule has 1 aliphatic carbocycles. The zero-order valence-electron chi connectivity index (χ0n) is 20.7. The van der Waals surface area contributed by atoms with Gasteiger partial charge in [0.15, 0.2) is 0 Å². The average molecular weight is 513 g/mol. The first-order valence-electron chi connectivity index (χ1n) is 11.9. The molecule has 1 N–H and O–H groups in total. The number of alkyl halides is 3. The van der Waals surface area contributed by atoms with Gasteiger partial charge in [0.05, 0.1) is 29.7 Å². The molecule has 1 saturated carbocycles. The monoisotopic (exact) mass is 512 g/mol. The van der Waals surface area contributed by atoms with E-state index in [4.69, 9.17) is 0 Å². The predicted molar refractivity (Wildman–Crippen MR) is 131 cm³/mol. The van der Waals surface area contributed by atoms with Crippen LogP contribution in [0.4, 0.5) is 29.5 Å². The Balaban J connectivity index is 1.33. The van der Waals surface area contributed by atoms with E-state index in [-0.39, 0.29) is 30.6 Å². The van der Waals surface area contributed by atoms with E-state index >= 15 is 0 Å². The zero-order valence-corrected chi connectivity index (χ0v) is 20.7. The highest BCUT2D eigenvalue weighted by Gasteiger charge is 2.64. The maximum Gasteiger partial charge on any atom is 0.398 e. The Morgan fingerprint density at radius 3 is 2.38 bits per heavy atom. The number of hydrogen-bond acceptors (Lipinski definition) is 5. The summed E-state index contributed by atoms with van der Waals surface area (Å²) in [5.41, 5.74) is -0.819. The number of anilines is 2. The van der Waals surface area contributed by atoms with Crippen LogP contribution in [0.1, 0.15) is 43.5 Å². The molecule has 0 atom stereocenters. The number of carbonyl (C=O) groups excluding carboxylic acids is 2. The number of imide groups is 1. The lowest BCUT2D eigenvalue weighted by Crippen LogP contribution is -2.43. The number of halogens is 3. The van der Waals surface area contributed by atoms with E-state index in [9.17, 15) is 22.8 Å². The van der Waals surface area contributed by atoms with Gasteiger partial charge in [-0.05, 0) is 62.1 Å². The highest BCUT2D eigenvalue weighted by molar-refractivity contribution is 6.22. The van der Waals surface area contributed by atoms with Crippen LogP contribution in [0, 0.1) is 0 Å². The molecule has 1 aliphatic heterocycles. The molecule has 5 rings (SSSR count). The number of urea groups is 1. The number of carbonyl (C=O) groups is 2. The third-order valence-electron chi connectivity index (χ3n) is 7.33. The van der Waals surface area contributed by atoms with E-state index in [0.29, 0.717) is 12.4 Å². The lowest BCUT2D eigenvalue weighted by molar-refractivity contribution is -0.160. The molecule has 0 spiro atoms. The number of nitrogens with one attached hydrogen (secondary N) is 1. The highest BCUT2D eigenvalue weighted by atomic mass is 19.4. The van der Waals surface area contributed by atoms with Crippen LogP contribution < -0.4 is 10.2 Å². The van der Waals surface area contributed by atoms with Crippen molar-refractivity contribution in [1.29, 1.82) is 0 Å². The summed E-state index contributed by atoms with van der Waals surface area (Å²) in [6, 6.07) is 8.64. The maximum absolute atomic E-state index is 13.5. The van der Waals surface area contributed by atoms with Crippen molar-refractivity contribution in [2.24, 2.45) is 7.05 Å². The summed E-state index contributed by atoms with van der Waals surface area (Å²) < 4.78 is 42.4. The number of nitrogens with zero attached hydrogens (tertiary/aromatic N) is 5. The molecule has 1 aromatic carbocycles. The van der Waals surface area contributed by atoms with Gasteiger partial charge in [0, 0.05) is 26.0 Å². The van der Waals surface area contributed by atoms with Gasteiger partial charge in [0.1, 0.15) is 11.4 Å². The minimum atomic E-state index is -4.33. The first-order valence-corrected chi connectivity index (χ1v) is 11.9. The molecule has 11 heteroatoms. The van der Waals surface area contributed by atoms with Gasteiger partial charge in [-0.1, -0.05) is 12.1 Å². The van der Waals surface area contributed by atoms with Crippen LogP contribution in [0.2, 0.25) is 0 Å². The topological polar surface area (TPSA) is 83.4 Å². The number of aryl methyl sites for hydroxylation is 1. The number of hydrogen-bond donors (Lipinski definition) is 1. The molecule has 0 unspecified atom stereocenters. The van der Waals surface area contributed by atoms with Gasteiger partial charge in [-0.25, -0.2) is 19.7 Å². The van der Waals surface area contributed by atoms with Crippen molar-refractivity contribution in [3.05, 3.63) is 71.9 Å². The summed E-state index contributed by atoms with van der Waals surface area (Å²) in [6.07, 6.45) is 0.844. The Bertz CT molecular complexity index is 1340. The summed E-state index contributed by atoms with van der Waals surface area (Å²) in [6.45, 7) is 3.99. The SMILES string of the molecule is Cn1cncc1CNc1cc(CN2C(=O)N(c3ccc(C4(C(F)(F)F)CC4)cc3)C(=O)C2(C)C)ccn1. The fraction of sp³-hybridized carbons (Fsp3) is 0.385. The molecular weight excluding hydrogens is 485 g/mol. The van der Waals surface area contributed by atoms with Gasteiger partial charge in [-0.2, -0.15) is 13.2 Å². The van der Waals surface area contributed by atoms with E-state index in [1.54, 1.807) is 38.6 Å². The van der Waals surface area contributed by atoms with E-state index in [1.165, 1.54) is 29.2 Å². The van der Waals surface area contributed by atoms with Crippen LogP contribution in [-0.2, 0) is 30.3 Å². The summed E-state index contributed by atoms with van der Waals surface area (Å²) >= 11 is 0. The fourth-order valence-corrected chi connectivity index (χ4v) is 4.71. The van der Waals surface area contributed by atoms with Gasteiger partial charge < -0.3 is 14.8 Å². The molecule has 3 aromatic rings. The van der Waals surface area contributed by atoms with Crippen LogP contribution in [0.25, 0.3) is 0 Å². The minimum absolute atomic E-state index is 0.0447. The van der Waals surface area contributed by atoms with Crippen molar-refractivity contribution in [2.75, 3.05) is 10.2 Å². The second-order valence-electron chi connectivity index (χ2n) is 10.1. The fourth-order valence-electron chi connectivity index (χ4n) is 4.71. The van der Waals surface area contributed by atoms with Crippen LogP contribution in [0.3, 0.4) is 0 Å². The lowest BCUT2D eigenvalue weighted by atomic mass is 9.95. The molecule has 2 aliphatic rings. The Morgan fingerprint density at radius 2 is 1.78 bits per heavy atom. The molecule has 2 aromatic heterocycles. The van der Waals surface area contributed by atoms with Crippen LogP contribution in [-0.4, -0.2) is 43.1 Å². The van der Waals surface area contributed by atoms with Gasteiger partial charge in [0.2, 0.25) is 0 Å². The molecule has 194 valence electrons. The highest BCUT2D eigenvalue weighted by Crippen LogP contribution is 2.59. The second kappa shape index (κ2) is 8.60. The molecule has 0 radical (unpaired) electrons. The predicted octanol–water partition coefficient (Wildman–Crippen LogP) is 4.77. The zero-order chi connectivity index (χ0) is 26.6. The van der Waals surface area contributed by atoms with E-state index in [0.717, 1.165) is 16.2 Å². The van der Waals surface area contributed by atoms with Crippen LogP contribution in [0.5, 0.6) is 0 Å². The van der Waals surface area contributed by atoms with Gasteiger partial charge in [-0.3, -0.25) is 4.79 Å². The van der Waals surface area contributed by atoms with E-state index < -0.39 is 29.1 Å². The molecule has 2 fully saturated rings. The largest absolute Gasteiger partial charge is 0.398 e. The number of pyridine rings is 1. The summed E-state index contributed by atoms with van der Waals surface area (Å²) in [4.78, 5) is 37.6. The Hall–Kier alpha value is -3.89. The van der Waals surface area contributed by atoms with Crippen molar-refractivity contribution in [3.8, 4) is 0 Å².